The van der Waals surface area contributed by atoms with E-state index in [2.05, 4.69) is 14.9 Å². The van der Waals surface area contributed by atoms with E-state index in [0.717, 1.165) is 18.7 Å². The molecule has 1 N–H and O–H groups in total. The summed E-state index contributed by atoms with van der Waals surface area (Å²) in [6.07, 6.45) is 0. The molecule has 7 nitrogen and oxygen atoms in total. The van der Waals surface area contributed by atoms with Crippen molar-refractivity contribution in [2.24, 2.45) is 0 Å². The molecular weight excluding hydrogens is 308 g/mol. The molecule has 0 bridgehead atoms. The second-order valence-corrected chi connectivity index (χ2v) is 5.81. The van der Waals surface area contributed by atoms with E-state index < -0.39 is 5.69 Å². The lowest BCUT2D eigenvalue weighted by molar-refractivity contribution is 0.0657. The van der Waals surface area contributed by atoms with E-state index in [1.165, 1.54) is 0 Å². The quantitative estimate of drug-likeness (QED) is 0.903. The maximum atomic E-state index is 12.7. The lowest BCUT2D eigenvalue weighted by atomic mass is 10.1. The molecule has 1 aromatic heterocycles. The summed E-state index contributed by atoms with van der Waals surface area (Å²) in [5.74, 6) is 0.494. The number of carbonyl (C=O) groups excluding carboxylic acids is 1. The number of hydrogen-bond donors (Lipinski definition) is 1. The molecule has 2 heterocycles. The molecule has 0 aliphatic carbocycles. The number of piperazine rings is 1. The number of nitrogens with one attached hydrogen (secondary N) is 1. The van der Waals surface area contributed by atoms with Gasteiger partial charge in [0.2, 0.25) is 0 Å². The van der Waals surface area contributed by atoms with Gasteiger partial charge in [-0.2, -0.15) is 4.98 Å². The zero-order valence-electron chi connectivity index (χ0n) is 13.8. The van der Waals surface area contributed by atoms with Crippen LogP contribution in [0.25, 0.3) is 11.3 Å². The Morgan fingerprint density at radius 1 is 1.21 bits per heavy atom. The van der Waals surface area contributed by atoms with E-state index in [4.69, 9.17) is 4.74 Å². The van der Waals surface area contributed by atoms with Crippen LogP contribution in [-0.2, 0) is 0 Å². The van der Waals surface area contributed by atoms with Gasteiger partial charge < -0.3 is 19.5 Å². The molecule has 1 amide bonds. The normalized spacial score (nSPS) is 15.3. The third kappa shape index (κ3) is 3.46. The van der Waals surface area contributed by atoms with Crippen LogP contribution in [0.2, 0.25) is 0 Å². The number of aromatic nitrogens is 2. The molecule has 24 heavy (non-hydrogen) atoms. The summed E-state index contributed by atoms with van der Waals surface area (Å²) in [5.41, 5.74) is 0.910. The van der Waals surface area contributed by atoms with Crippen molar-refractivity contribution in [2.45, 2.75) is 0 Å². The minimum absolute atomic E-state index is 0.174. The highest BCUT2D eigenvalue weighted by atomic mass is 16.5. The van der Waals surface area contributed by atoms with Crippen LogP contribution >= 0.6 is 0 Å². The first-order valence-corrected chi connectivity index (χ1v) is 7.80. The van der Waals surface area contributed by atoms with Gasteiger partial charge in [0.05, 0.1) is 12.8 Å². The molecule has 7 heteroatoms. The van der Waals surface area contributed by atoms with Gasteiger partial charge in [0.25, 0.3) is 5.91 Å². The van der Waals surface area contributed by atoms with Crippen molar-refractivity contribution in [3.63, 3.8) is 0 Å². The van der Waals surface area contributed by atoms with Crippen LogP contribution in [0.4, 0.5) is 0 Å². The van der Waals surface area contributed by atoms with Gasteiger partial charge in [-0.1, -0.05) is 12.1 Å². The number of carbonyl (C=O) groups is 1. The fraction of sp³-hybridized carbons (Fsp3) is 0.353. The fourth-order valence-corrected chi connectivity index (χ4v) is 2.68. The molecule has 1 fully saturated rings. The maximum absolute atomic E-state index is 12.7. The second-order valence-electron chi connectivity index (χ2n) is 5.81. The third-order valence-corrected chi connectivity index (χ3v) is 4.13. The van der Waals surface area contributed by atoms with E-state index in [9.17, 15) is 9.59 Å². The van der Waals surface area contributed by atoms with Gasteiger partial charge in [0.15, 0.2) is 0 Å². The standard InChI is InChI=1S/C17H20N4O3/c1-20-6-8-21(9-7-20)16(22)15-11-14(18-17(23)19-15)12-4-3-5-13(10-12)24-2/h3-5,10-11H,6-9H2,1-2H3,(H,18,19,23). The van der Waals surface area contributed by atoms with E-state index >= 15 is 0 Å². The fourth-order valence-electron chi connectivity index (χ4n) is 2.68. The molecule has 1 aliphatic heterocycles. The summed E-state index contributed by atoms with van der Waals surface area (Å²) in [6.45, 7) is 2.94. The molecule has 0 spiro atoms. The van der Waals surface area contributed by atoms with E-state index in [0.29, 0.717) is 24.5 Å². The highest BCUT2D eigenvalue weighted by molar-refractivity contribution is 5.93. The van der Waals surface area contributed by atoms with Crippen LogP contribution < -0.4 is 10.4 Å². The van der Waals surface area contributed by atoms with Gasteiger partial charge in [0, 0.05) is 31.7 Å². The highest BCUT2D eigenvalue weighted by Gasteiger charge is 2.21. The zero-order chi connectivity index (χ0) is 17.1. The first-order chi connectivity index (χ1) is 11.6. The summed E-state index contributed by atoms with van der Waals surface area (Å²) in [7, 11) is 3.60. The summed E-state index contributed by atoms with van der Waals surface area (Å²) in [6, 6.07) is 8.86. The van der Waals surface area contributed by atoms with E-state index in [-0.39, 0.29) is 11.6 Å². The van der Waals surface area contributed by atoms with Crippen LogP contribution in [0, 0.1) is 0 Å². The van der Waals surface area contributed by atoms with Gasteiger partial charge in [0.1, 0.15) is 11.4 Å². The second kappa shape index (κ2) is 6.84. The zero-order valence-corrected chi connectivity index (χ0v) is 13.8. The predicted molar refractivity (Wildman–Crippen MR) is 90.2 cm³/mol. The number of nitrogens with zero attached hydrogens (tertiary/aromatic N) is 3. The highest BCUT2D eigenvalue weighted by Crippen LogP contribution is 2.22. The lowest BCUT2D eigenvalue weighted by Gasteiger charge is -2.32. The average Bonchev–Trinajstić information content (AvgIpc) is 2.61. The predicted octanol–water partition coefficient (Wildman–Crippen LogP) is 0.833. The third-order valence-electron chi connectivity index (χ3n) is 4.13. The Labute approximate surface area is 139 Å². The number of benzene rings is 1. The molecule has 0 atom stereocenters. The van der Waals surface area contributed by atoms with Gasteiger partial charge >= 0.3 is 5.69 Å². The Morgan fingerprint density at radius 2 is 1.96 bits per heavy atom. The van der Waals surface area contributed by atoms with Crippen molar-refractivity contribution in [1.29, 1.82) is 0 Å². The van der Waals surface area contributed by atoms with Crippen molar-refractivity contribution < 1.29 is 9.53 Å². The number of H-pyrrole nitrogens is 1. The Bertz CT molecular complexity index is 794. The van der Waals surface area contributed by atoms with Crippen LogP contribution in [-0.4, -0.2) is 66.0 Å². The van der Waals surface area contributed by atoms with Crippen LogP contribution in [0.3, 0.4) is 0 Å². The number of aromatic amines is 1. The summed E-state index contributed by atoms with van der Waals surface area (Å²) < 4.78 is 5.20. The molecule has 0 unspecified atom stereocenters. The van der Waals surface area contributed by atoms with Gasteiger partial charge in [-0.15, -0.1) is 0 Å². The van der Waals surface area contributed by atoms with E-state index in [1.807, 2.05) is 25.2 Å². The Kier molecular flexibility index (Phi) is 4.61. The summed E-state index contributed by atoms with van der Waals surface area (Å²) in [4.78, 5) is 35.0. The molecule has 1 saturated heterocycles. The largest absolute Gasteiger partial charge is 0.497 e. The molecule has 1 aromatic carbocycles. The van der Waals surface area contributed by atoms with Crippen LogP contribution in [0.5, 0.6) is 5.75 Å². The molecular formula is C17H20N4O3. The molecule has 2 aromatic rings. The van der Waals surface area contributed by atoms with Crippen LogP contribution in [0.1, 0.15) is 10.5 Å². The molecule has 1 aliphatic rings. The first kappa shape index (κ1) is 16.2. The number of methoxy groups -OCH3 is 1. The summed E-state index contributed by atoms with van der Waals surface area (Å²) in [5, 5.41) is 0. The Morgan fingerprint density at radius 3 is 2.67 bits per heavy atom. The minimum atomic E-state index is -0.534. The number of likely N-dealkylation sites (N-methyl/N-ethyl adjacent to an activating group) is 1. The lowest BCUT2D eigenvalue weighted by Crippen LogP contribution is -2.47. The van der Waals surface area contributed by atoms with Crippen molar-refractivity contribution in [3.05, 3.63) is 46.5 Å². The monoisotopic (exact) mass is 328 g/mol. The van der Waals surface area contributed by atoms with Crippen LogP contribution in [0.15, 0.2) is 35.1 Å². The van der Waals surface area contributed by atoms with Crippen molar-refractivity contribution in [1.82, 2.24) is 19.8 Å². The number of rotatable bonds is 3. The molecule has 3 rings (SSSR count). The molecule has 0 radical (unpaired) electrons. The van der Waals surface area contributed by atoms with Crippen molar-refractivity contribution in [3.8, 4) is 17.0 Å². The van der Waals surface area contributed by atoms with Gasteiger partial charge in [-0.05, 0) is 25.2 Å². The average molecular weight is 328 g/mol. The minimum Gasteiger partial charge on any atom is -0.497 e. The maximum Gasteiger partial charge on any atom is 0.346 e. The number of hydrogen-bond acceptors (Lipinski definition) is 5. The SMILES string of the molecule is COc1cccc(-c2cc(C(=O)N3CCN(C)CC3)[nH]c(=O)n2)c1. The van der Waals surface area contributed by atoms with Gasteiger partial charge in [-0.25, -0.2) is 4.79 Å². The molecule has 0 saturated carbocycles. The number of ether oxygens (including phenoxy) is 1. The molecule has 126 valence electrons. The topological polar surface area (TPSA) is 78.5 Å². The Balaban J connectivity index is 1.91. The first-order valence-electron chi connectivity index (χ1n) is 7.80. The number of amides is 1. The van der Waals surface area contributed by atoms with Crippen molar-refractivity contribution >= 4 is 5.91 Å². The summed E-state index contributed by atoms with van der Waals surface area (Å²) >= 11 is 0. The van der Waals surface area contributed by atoms with Crippen molar-refractivity contribution in [2.75, 3.05) is 40.3 Å². The van der Waals surface area contributed by atoms with Gasteiger partial charge in [-0.3, -0.25) is 4.79 Å². The van der Waals surface area contributed by atoms with E-state index in [1.54, 1.807) is 24.1 Å². The Hall–Kier alpha value is -2.67. The smallest absolute Gasteiger partial charge is 0.346 e.